The Morgan fingerprint density at radius 2 is 1.25 bits per heavy atom. The fraction of sp³-hybridized carbons (Fsp3) is 0.512. The van der Waals surface area contributed by atoms with Gasteiger partial charge in [0.15, 0.2) is 0 Å². The van der Waals surface area contributed by atoms with Crippen molar-refractivity contribution in [3.63, 3.8) is 0 Å². The summed E-state index contributed by atoms with van der Waals surface area (Å²) in [6, 6.07) is 19.7. The first-order chi connectivity index (χ1) is 20.3. The molecule has 0 unspecified atom stereocenters. The molecule has 0 radical (unpaired) electrons. The van der Waals surface area contributed by atoms with Gasteiger partial charge in [0.1, 0.15) is 20.4 Å². The molecule has 0 amide bonds. The molecule has 0 atom stereocenters. The van der Waals surface area contributed by atoms with E-state index in [1.807, 2.05) is 6.08 Å². The number of rotatable bonds is 8. The van der Waals surface area contributed by atoms with Gasteiger partial charge in [0.25, 0.3) is 0 Å². The van der Waals surface area contributed by atoms with E-state index in [1.54, 1.807) is 16.3 Å². The molecule has 0 saturated carbocycles. The summed E-state index contributed by atoms with van der Waals surface area (Å²) in [7, 11) is -3.43. The van der Waals surface area contributed by atoms with Gasteiger partial charge in [-0.3, -0.25) is 0 Å². The molecular weight excluding hydrogens is 565 g/mol. The van der Waals surface area contributed by atoms with Crippen LogP contribution in [-0.2, 0) is 16.2 Å². The van der Waals surface area contributed by atoms with Crippen molar-refractivity contribution in [3.8, 4) is 16.9 Å². The smallest absolute Gasteiger partial charge is 0.122 e. The van der Waals surface area contributed by atoms with Crippen LogP contribution >= 0.6 is 0 Å². The van der Waals surface area contributed by atoms with Gasteiger partial charge in [0.2, 0.25) is 0 Å². The van der Waals surface area contributed by atoms with Crippen LogP contribution in [0.25, 0.3) is 11.1 Å². The molecule has 238 valence electrons. The van der Waals surface area contributed by atoms with E-state index in [9.17, 15) is 0 Å². The molecule has 0 heterocycles. The van der Waals surface area contributed by atoms with Gasteiger partial charge < -0.3 is 4.74 Å². The quantitative estimate of drug-likeness (QED) is 0.179. The fourth-order valence-corrected chi connectivity index (χ4v) is 15.3. The lowest BCUT2D eigenvalue weighted by atomic mass is 9.85. The van der Waals surface area contributed by atoms with Gasteiger partial charge in [0, 0.05) is 5.54 Å². The van der Waals surface area contributed by atoms with Crippen molar-refractivity contribution >= 4 is 27.2 Å². The van der Waals surface area contributed by atoms with Crippen LogP contribution in [0, 0.1) is 6.92 Å². The Labute approximate surface area is 273 Å². The maximum atomic E-state index is 6.93. The number of ether oxygens (including phenoxy) is 1. The van der Waals surface area contributed by atoms with Crippen LogP contribution in [0.5, 0.6) is 5.75 Å². The van der Waals surface area contributed by atoms with E-state index >= 15 is 0 Å². The van der Waals surface area contributed by atoms with Crippen molar-refractivity contribution in [1.29, 1.82) is 0 Å². The van der Waals surface area contributed by atoms with Gasteiger partial charge in [-0.1, -0.05) is 167 Å². The lowest BCUT2D eigenvalue weighted by Gasteiger charge is -2.41. The Morgan fingerprint density at radius 1 is 0.773 bits per heavy atom. The minimum Gasteiger partial charge on any atom is -0.489 e. The minimum absolute atomic E-state index is 0.0181. The summed E-state index contributed by atoms with van der Waals surface area (Å²) in [5.41, 5.74) is 12.3. The third-order valence-electron chi connectivity index (χ3n) is 10.3. The molecule has 0 saturated heterocycles. The largest absolute Gasteiger partial charge is 0.489 e. The number of benzene rings is 3. The Bertz CT molecular complexity index is 1470. The van der Waals surface area contributed by atoms with Gasteiger partial charge in [-0.05, 0) is 67.3 Å². The van der Waals surface area contributed by atoms with Gasteiger partial charge in [0.05, 0.1) is 8.80 Å². The molecule has 0 aliphatic heterocycles. The highest BCUT2D eigenvalue weighted by atomic mass is 28.3. The van der Waals surface area contributed by atoms with Crippen LogP contribution in [-0.4, -0.2) is 23.5 Å². The molecule has 0 bridgehead atoms. The monoisotopic (exact) mass is 624 g/mol. The first-order valence-electron chi connectivity index (χ1n) is 17.0. The molecule has 0 aromatic heterocycles. The van der Waals surface area contributed by atoms with Crippen molar-refractivity contribution in [2.75, 3.05) is 6.61 Å². The number of aryl methyl sites for hydroxylation is 1. The molecule has 1 nitrogen and oxygen atoms in total. The summed E-state index contributed by atoms with van der Waals surface area (Å²) < 4.78 is 6.93. The number of hydrogen-bond donors (Lipinski definition) is 0. The average Bonchev–Trinajstić information content (AvgIpc) is 3.25. The van der Waals surface area contributed by atoms with Crippen LogP contribution in [0.2, 0.25) is 25.2 Å². The number of hydrogen-bond acceptors (Lipinski definition) is 1. The van der Waals surface area contributed by atoms with Crippen LogP contribution < -0.4 is 15.1 Å². The van der Waals surface area contributed by atoms with E-state index in [0.29, 0.717) is 12.1 Å². The topological polar surface area (TPSA) is 9.23 Å². The van der Waals surface area contributed by atoms with Gasteiger partial charge in [-0.2, -0.15) is 0 Å². The molecule has 3 aromatic rings. The summed E-state index contributed by atoms with van der Waals surface area (Å²) in [6.07, 6.45) is 1.93. The zero-order valence-corrected chi connectivity index (χ0v) is 32.7. The highest BCUT2D eigenvalue weighted by Crippen LogP contribution is 2.53. The van der Waals surface area contributed by atoms with Crippen LogP contribution in [0.3, 0.4) is 0 Å². The van der Waals surface area contributed by atoms with E-state index in [0.717, 1.165) is 0 Å². The Morgan fingerprint density at radius 3 is 1.61 bits per heavy atom. The molecule has 0 fully saturated rings. The molecule has 3 aromatic carbocycles. The van der Waals surface area contributed by atoms with Crippen molar-refractivity contribution in [3.05, 3.63) is 88.5 Å². The average molecular weight is 625 g/mol. The maximum absolute atomic E-state index is 6.93. The third kappa shape index (κ3) is 5.96. The second-order valence-electron chi connectivity index (χ2n) is 16.8. The predicted octanol–water partition coefficient (Wildman–Crippen LogP) is 10.2. The van der Waals surface area contributed by atoms with Crippen molar-refractivity contribution in [2.45, 2.75) is 130 Å². The summed E-state index contributed by atoms with van der Waals surface area (Å²) in [6.45, 7) is 38.2. The highest BCUT2D eigenvalue weighted by Gasteiger charge is 2.49. The molecule has 4 rings (SSSR count). The zero-order chi connectivity index (χ0) is 33.0. The molecule has 1 aliphatic rings. The van der Waals surface area contributed by atoms with E-state index in [1.165, 1.54) is 56.4 Å². The van der Waals surface area contributed by atoms with Gasteiger partial charge >= 0.3 is 0 Å². The summed E-state index contributed by atoms with van der Waals surface area (Å²) in [5, 5.41) is 3.11. The second-order valence-corrected chi connectivity index (χ2v) is 24.5. The third-order valence-corrected chi connectivity index (χ3v) is 17.9. The molecule has 0 N–H and O–H groups in total. The minimum atomic E-state index is -2.29. The lowest BCUT2D eigenvalue weighted by molar-refractivity contribution is 0.354. The second kappa shape index (κ2) is 12.1. The van der Waals surface area contributed by atoms with E-state index in [-0.39, 0.29) is 16.2 Å². The molecule has 3 heteroatoms. The zero-order valence-electron chi connectivity index (χ0n) is 30.5. The van der Waals surface area contributed by atoms with Crippen molar-refractivity contribution < 1.29 is 4.74 Å². The standard InChI is InChI=1S/C41H60OSi2/c1-16-23-42-36-34(24-27(4)37(43(14)15)35(36)41(11,12)13)44(17-2,18-3)38-32-25-28(39(5,6)7)19-21-30(32)31-22-20-29(26-33(31)38)40(8,9)10/h16,19-22,24-26,38,43H,1,17-18,23H2,2-15H3. The lowest BCUT2D eigenvalue weighted by Crippen LogP contribution is -2.54. The maximum Gasteiger partial charge on any atom is 0.122 e. The first-order valence-corrected chi connectivity index (χ1v) is 22.4. The number of fused-ring (bicyclic) bond motifs is 3. The highest BCUT2D eigenvalue weighted by molar-refractivity contribution is 6.94. The summed E-state index contributed by atoms with van der Waals surface area (Å²) in [5.74, 6) is 1.18. The predicted molar refractivity (Wildman–Crippen MR) is 202 cm³/mol. The van der Waals surface area contributed by atoms with Crippen molar-refractivity contribution in [1.82, 2.24) is 0 Å². The molecule has 0 spiro atoms. The Hall–Kier alpha value is -2.37. The van der Waals surface area contributed by atoms with Crippen LogP contribution in [0.1, 0.15) is 115 Å². The van der Waals surface area contributed by atoms with Crippen molar-refractivity contribution in [2.24, 2.45) is 0 Å². The van der Waals surface area contributed by atoms with E-state index in [2.05, 4.69) is 145 Å². The Kier molecular flexibility index (Phi) is 9.49. The molecular formula is C41H60OSi2. The molecule has 44 heavy (non-hydrogen) atoms. The SMILES string of the molecule is C=CCOc1c([Si](CC)(CC)C2c3cc(C(C)(C)C)ccc3-c3ccc(C(C)(C)C)cc32)cc(C)c([SiH](C)C)c1C(C)(C)C. The molecule has 1 aliphatic carbocycles. The summed E-state index contributed by atoms with van der Waals surface area (Å²) >= 11 is 0. The van der Waals surface area contributed by atoms with Gasteiger partial charge in [-0.15, -0.1) is 0 Å². The fourth-order valence-electron chi connectivity index (χ4n) is 7.95. The van der Waals surface area contributed by atoms with Crippen LogP contribution in [0.4, 0.5) is 0 Å². The van der Waals surface area contributed by atoms with E-state index < -0.39 is 16.9 Å². The normalized spacial score (nSPS) is 14.2. The first kappa shape index (κ1) is 34.5. The van der Waals surface area contributed by atoms with Gasteiger partial charge in [-0.25, -0.2) is 0 Å². The summed E-state index contributed by atoms with van der Waals surface area (Å²) in [4.78, 5) is 0. The Balaban J connectivity index is 2.20. The van der Waals surface area contributed by atoms with Crippen LogP contribution in [0.15, 0.2) is 55.1 Å². The van der Waals surface area contributed by atoms with E-state index in [4.69, 9.17) is 4.74 Å².